The number of imidazole rings is 1. The van der Waals surface area contributed by atoms with Crippen molar-refractivity contribution in [2.45, 2.75) is 39.5 Å². The van der Waals surface area contributed by atoms with Gasteiger partial charge in [-0.2, -0.15) is 0 Å². The van der Waals surface area contributed by atoms with Gasteiger partial charge in [0.25, 0.3) is 0 Å². The van der Waals surface area contributed by atoms with Crippen LogP contribution in [0, 0.1) is 12.8 Å². The smallest absolute Gasteiger partial charge is 0.246 e. The Bertz CT molecular complexity index is 1010. The third-order valence-corrected chi connectivity index (χ3v) is 5.83. The lowest BCUT2D eigenvalue weighted by Gasteiger charge is -2.31. The van der Waals surface area contributed by atoms with E-state index >= 15 is 0 Å². The predicted octanol–water partition coefficient (Wildman–Crippen LogP) is 4.54. The maximum atomic E-state index is 12.8. The zero-order chi connectivity index (χ0) is 20.2. The van der Waals surface area contributed by atoms with E-state index in [1.807, 2.05) is 48.4 Å². The number of allylic oxidation sites excluding steroid dienone is 1. The molecule has 3 aromatic rings. The quantitative estimate of drug-likeness (QED) is 0.653. The Morgan fingerprint density at radius 2 is 1.97 bits per heavy atom. The van der Waals surface area contributed by atoms with Gasteiger partial charge < -0.3 is 9.88 Å². The Kier molecular flexibility index (Phi) is 5.74. The molecule has 0 unspecified atom stereocenters. The van der Waals surface area contributed by atoms with Crippen LogP contribution in [0.4, 0.5) is 0 Å². The number of aromatic nitrogens is 3. The highest BCUT2D eigenvalue weighted by Gasteiger charge is 2.23. The molecule has 4 rings (SSSR count). The molecule has 0 aliphatic carbocycles. The van der Waals surface area contributed by atoms with Crippen molar-refractivity contribution in [2.75, 3.05) is 13.1 Å². The number of likely N-dealkylation sites (tertiary alicyclic amines) is 1. The van der Waals surface area contributed by atoms with Crippen LogP contribution in [0.25, 0.3) is 16.6 Å². The number of rotatable bonds is 5. The summed E-state index contributed by atoms with van der Waals surface area (Å²) in [5.41, 5.74) is 5.34. The fourth-order valence-corrected chi connectivity index (χ4v) is 4.18. The number of hydrogen-bond donors (Lipinski definition) is 1. The highest BCUT2D eigenvalue weighted by Crippen LogP contribution is 2.25. The van der Waals surface area contributed by atoms with Crippen molar-refractivity contribution in [2.24, 2.45) is 5.92 Å². The maximum absolute atomic E-state index is 12.8. The highest BCUT2D eigenvalue weighted by atomic mass is 16.2. The molecule has 0 spiro atoms. The molecule has 0 radical (unpaired) electrons. The second-order valence-electron chi connectivity index (χ2n) is 7.84. The highest BCUT2D eigenvalue weighted by molar-refractivity contribution is 5.95. The molecule has 5 heteroatoms. The Morgan fingerprint density at radius 1 is 1.21 bits per heavy atom. The molecule has 1 amide bonds. The Morgan fingerprint density at radius 3 is 2.69 bits per heavy atom. The SMILES string of the molecule is CCC(=CC(=O)N1CCC(Cc2nccc3[nH]c(C)nc23)CC1)c1ccccc1. The lowest BCUT2D eigenvalue weighted by molar-refractivity contribution is -0.127. The molecule has 3 heterocycles. The van der Waals surface area contributed by atoms with E-state index in [1.165, 1.54) is 0 Å². The summed E-state index contributed by atoms with van der Waals surface area (Å²) in [6.45, 7) is 5.69. The summed E-state index contributed by atoms with van der Waals surface area (Å²) in [4.78, 5) is 27.3. The minimum Gasteiger partial charge on any atom is -0.342 e. The first kappa shape index (κ1) is 19.4. The van der Waals surface area contributed by atoms with Crippen LogP contribution in [0.15, 0.2) is 48.7 Å². The average Bonchev–Trinajstić information content (AvgIpc) is 3.14. The molecule has 5 nitrogen and oxygen atoms in total. The summed E-state index contributed by atoms with van der Waals surface area (Å²) < 4.78 is 0. The van der Waals surface area contributed by atoms with Crippen LogP contribution in [0.3, 0.4) is 0 Å². The van der Waals surface area contributed by atoms with Crippen molar-refractivity contribution < 1.29 is 4.79 Å². The fourth-order valence-electron chi connectivity index (χ4n) is 4.18. The summed E-state index contributed by atoms with van der Waals surface area (Å²) in [5.74, 6) is 1.59. The normalized spacial score (nSPS) is 15.8. The van der Waals surface area contributed by atoms with Gasteiger partial charge in [0.1, 0.15) is 11.3 Å². The number of nitrogens with zero attached hydrogens (tertiary/aromatic N) is 3. The molecule has 0 atom stereocenters. The number of pyridine rings is 1. The zero-order valence-electron chi connectivity index (χ0n) is 17.2. The van der Waals surface area contributed by atoms with E-state index < -0.39 is 0 Å². The molecular formula is C24H28N4O. The molecule has 1 aliphatic rings. The number of benzene rings is 1. The molecule has 1 aliphatic heterocycles. The van der Waals surface area contributed by atoms with Crippen molar-refractivity contribution in [3.05, 3.63) is 65.8 Å². The molecule has 0 saturated carbocycles. The van der Waals surface area contributed by atoms with E-state index in [0.29, 0.717) is 5.92 Å². The minimum absolute atomic E-state index is 0.132. The second-order valence-corrected chi connectivity index (χ2v) is 7.84. The van der Waals surface area contributed by atoms with Gasteiger partial charge in [-0.3, -0.25) is 9.78 Å². The molecule has 0 bridgehead atoms. The number of carbonyl (C=O) groups is 1. The lowest BCUT2D eigenvalue weighted by Crippen LogP contribution is -2.38. The Labute approximate surface area is 171 Å². The van der Waals surface area contributed by atoms with E-state index in [-0.39, 0.29) is 5.91 Å². The van der Waals surface area contributed by atoms with Gasteiger partial charge in [0, 0.05) is 25.4 Å². The van der Waals surface area contributed by atoms with E-state index in [4.69, 9.17) is 0 Å². The number of H-pyrrole nitrogens is 1. The number of nitrogens with one attached hydrogen (secondary N) is 1. The van der Waals surface area contributed by atoms with Crippen molar-refractivity contribution in [1.82, 2.24) is 19.9 Å². The molecule has 1 aromatic carbocycles. The summed E-state index contributed by atoms with van der Waals surface area (Å²) in [6.07, 6.45) is 7.47. The van der Waals surface area contributed by atoms with Crippen LogP contribution in [0.2, 0.25) is 0 Å². The first-order valence-corrected chi connectivity index (χ1v) is 10.5. The number of aromatic amines is 1. The first-order valence-electron chi connectivity index (χ1n) is 10.5. The third kappa shape index (κ3) is 4.39. The molecule has 1 N–H and O–H groups in total. The van der Waals surface area contributed by atoms with Crippen molar-refractivity contribution in [1.29, 1.82) is 0 Å². The van der Waals surface area contributed by atoms with Gasteiger partial charge in [-0.05, 0) is 55.7 Å². The maximum Gasteiger partial charge on any atom is 0.246 e. The predicted molar refractivity (Wildman–Crippen MR) is 116 cm³/mol. The van der Waals surface area contributed by atoms with Crippen molar-refractivity contribution in [3.63, 3.8) is 0 Å². The molecular weight excluding hydrogens is 360 g/mol. The molecule has 1 saturated heterocycles. The summed E-state index contributed by atoms with van der Waals surface area (Å²) in [5, 5.41) is 0. The van der Waals surface area contributed by atoms with Crippen molar-refractivity contribution in [3.8, 4) is 0 Å². The monoisotopic (exact) mass is 388 g/mol. The van der Waals surface area contributed by atoms with E-state index in [2.05, 4.69) is 34.0 Å². The van der Waals surface area contributed by atoms with Gasteiger partial charge in [0.15, 0.2) is 0 Å². The van der Waals surface area contributed by atoms with Crippen LogP contribution < -0.4 is 0 Å². The van der Waals surface area contributed by atoms with Gasteiger partial charge in [-0.1, -0.05) is 37.3 Å². The first-order chi connectivity index (χ1) is 14.1. The topological polar surface area (TPSA) is 61.9 Å². The van der Waals surface area contributed by atoms with Gasteiger partial charge in [-0.25, -0.2) is 4.98 Å². The summed E-state index contributed by atoms with van der Waals surface area (Å²) in [7, 11) is 0. The lowest BCUT2D eigenvalue weighted by atomic mass is 9.91. The van der Waals surface area contributed by atoms with E-state index in [9.17, 15) is 4.79 Å². The standard InChI is InChI=1S/C24H28N4O/c1-3-19(20-7-5-4-6-8-20)16-23(29)28-13-10-18(11-14-28)15-22-24-21(9-12-25-22)26-17(2)27-24/h4-9,12,16,18H,3,10-11,13-15H2,1-2H3,(H,26,27). The summed E-state index contributed by atoms with van der Waals surface area (Å²) in [6, 6.07) is 12.2. The largest absolute Gasteiger partial charge is 0.342 e. The second kappa shape index (κ2) is 8.60. The van der Waals surface area contributed by atoms with Crippen LogP contribution in [0.5, 0.6) is 0 Å². The number of piperidine rings is 1. The Balaban J connectivity index is 1.39. The van der Waals surface area contributed by atoms with E-state index in [0.717, 1.165) is 72.5 Å². The zero-order valence-corrected chi connectivity index (χ0v) is 17.2. The van der Waals surface area contributed by atoms with Crippen LogP contribution in [-0.4, -0.2) is 38.8 Å². The van der Waals surface area contributed by atoms with Gasteiger partial charge in [-0.15, -0.1) is 0 Å². The van der Waals surface area contributed by atoms with Crippen LogP contribution in [0.1, 0.15) is 43.3 Å². The van der Waals surface area contributed by atoms with E-state index in [1.54, 1.807) is 0 Å². The fraction of sp³-hybridized carbons (Fsp3) is 0.375. The summed E-state index contributed by atoms with van der Waals surface area (Å²) >= 11 is 0. The van der Waals surface area contributed by atoms with Crippen LogP contribution in [-0.2, 0) is 11.2 Å². The number of amides is 1. The Hall–Kier alpha value is -2.95. The van der Waals surface area contributed by atoms with Gasteiger partial charge >= 0.3 is 0 Å². The number of hydrogen-bond acceptors (Lipinski definition) is 3. The molecule has 150 valence electrons. The molecule has 1 fully saturated rings. The number of carbonyl (C=O) groups excluding carboxylic acids is 1. The van der Waals surface area contributed by atoms with Crippen LogP contribution >= 0.6 is 0 Å². The average molecular weight is 389 g/mol. The molecule has 29 heavy (non-hydrogen) atoms. The van der Waals surface area contributed by atoms with Gasteiger partial charge in [0.05, 0.1) is 11.2 Å². The van der Waals surface area contributed by atoms with Crippen molar-refractivity contribution >= 4 is 22.5 Å². The third-order valence-electron chi connectivity index (χ3n) is 5.83. The molecule has 2 aromatic heterocycles. The number of aryl methyl sites for hydroxylation is 1. The minimum atomic E-state index is 0.132. The van der Waals surface area contributed by atoms with Gasteiger partial charge in [0.2, 0.25) is 5.91 Å². The number of fused-ring (bicyclic) bond motifs is 1.